The second kappa shape index (κ2) is 6.33. The Hall–Kier alpha value is -1.16. The molecule has 0 spiro atoms. The first-order valence-electron chi connectivity index (χ1n) is 6.96. The molecule has 2 unspecified atom stereocenters. The van der Waals surface area contributed by atoms with Gasteiger partial charge in [0, 0.05) is 11.6 Å². The summed E-state index contributed by atoms with van der Waals surface area (Å²) in [6, 6.07) is 5.29. The number of hydrogen-bond acceptors (Lipinski definition) is 2. The Morgan fingerprint density at radius 2 is 2.26 bits per heavy atom. The number of benzene rings is 1. The largest absolute Gasteiger partial charge is 0.389 e. The number of thiocarbonyl (C=S) groups is 1. The van der Waals surface area contributed by atoms with Gasteiger partial charge in [-0.3, -0.25) is 0 Å². The van der Waals surface area contributed by atoms with Crippen molar-refractivity contribution in [2.75, 3.05) is 5.32 Å². The van der Waals surface area contributed by atoms with E-state index in [0.29, 0.717) is 17.3 Å². The van der Waals surface area contributed by atoms with Crippen LogP contribution in [0.3, 0.4) is 0 Å². The summed E-state index contributed by atoms with van der Waals surface area (Å²) in [5, 5.41) is 3.32. The highest BCUT2D eigenvalue weighted by atomic mass is 32.1. The zero-order chi connectivity index (χ0) is 13.8. The van der Waals surface area contributed by atoms with Gasteiger partial charge in [0.2, 0.25) is 0 Å². The average molecular weight is 280 g/mol. The van der Waals surface area contributed by atoms with Gasteiger partial charge in [-0.15, -0.1) is 0 Å². The maximum atomic E-state index is 14.0. The second-order valence-electron chi connectivity index (χ2n) is 5.34. The molecule has 0 amide bonds. The summed E-state index contributed by atoms with van der Waals surface area (Å²) < 4.78 is 14.0. The van der Waals surface area contributed by atoms with E-state index in [1.165, 1.54) is 25.3 Å². The Morgan fingerprint density at radius 1 is 1.47 bits per heavy atom. The molecule has 3 N–H and O–H groups in total. The Bertz CT molecular complexity index is 461. The molecule has 0 aromatic heterocycles. The van der Waals surface area contributed by atoms with Crippen LogP contribution >= 0.6 is 12.2 Å². The number of hydrogen-bond donors (Lipinski definition) is 2. The number of rotatable bonds is 4. The van der Waals surface area contributed by atoms with Crippen molar-refractivity contribution >= 4 is 22.9 Å². The van der Waals surface area contributed by atoms with Crippen molar-refractivity contribution in [1.29, 1.82) is 0 Å². The van der Waals surface area contributed by atoms with Gasteiger partial charge in [0.25, 0.3) is 0 Å². The molecule has 0 aliphatic heterocycles. The van der Waals surface area contributed by atoms with Gasteiger partial charge in [0.15, 0.2) is 0 Å². The van der Waals surface area contributed by atoms with Crippen LogP contribution in [-0.4, -0.2) is 11.0 Å². The van der Waals surface area contributed by atoms with Crippen LogP contribution in [0.5, 0.6) is 0 Å². The summed E-state index contributed by atoms with van der Waals surface area (Å²) >= 11 is 4.85. The summed E-state index contributed by atoms with van der Waals surface area (Å²) in [6.07, 6.45) is 5.99. The Labute approximate surface area is 119 Å². The molecule has 2 rings (SSSR count). The first-order valence-corrected chi connectivity index (χ1v) is 7.37. The van der Waals surface area contributed by atoms with Gasteiger partial charge in [0.05, 0.1) is 5.69 Å². The molecule has 1 fully saturated rings. The zero-order valence-electron chi connectivity index (χ0n) is 11.3. The van der Waals surface area contributed by atoms with Crippen LogP contribution in [0.1, 0.15) is 44.6 Å². The van der Waals surface area contributed by atoms with E-state index in [9.17, 15) is 4.39 Å². The highest BCUT2D eigenvalue weighted by Gasteiger charge is 2.21. The minimum Gasteiger partial charge on any atom is -0.389 e. The van der Waals surface area contributed by atoms with E-state index in [4.69, 9.17) is 18.0 Å². The van der Waals surface area contributed by atoms with Gasteiger partial charge in [-0.2, -0.15) is 0 Å². The molecule has 4 heteroatoms. The van der Waals surface area contributed by atoms with E-state index in [2.05, 4.69) is 12.2 Å². The quantitative estimate of drug-likeness (QED) is 0.823. The Balaban J connectivity index is 2.04. The van der Waals surface area contributed by atoms with Crippen LogP contribution in [0.15, 0.2) is 18.2 Å². The topological polar surface area (TPSA) is 38.0 Å². The van der Waals surface area contributed by atoms with Crippen molar-refractivity contribution in [2.24, 2.45) is 11.7 Å². The second-order valence-corrected chi connectivity index (χ2v) is 5.78. The summed E-state index contributed by atoms with van der Waals surface area (Å²) in [6.45, 7) is 2.23. The third-order valence-electron chi connectivity index (χ3n) is 3.97. The van der Waals surface area contributed by atoms with Gasteiger partial charge < -0.3 is 11.1 Å². The van der Waals surface area contributed by atoms with Crippen LogP contribution in [-0.2, 0) is 0 Å². The fourth-order valence-electron chi connectivity index (χ4n) is 2.80. The van der Waals surface area contributed by atoms with Crippen molar-refractivity contribution in [2.45, 2.75) is 45.1 Å². The average Bonchev–Trinajstić information content (AvgIpc) is 2.41. The summed E-state index contributed by atoms with van der Waals surface area (Å²) in [5.74, 6) is 0.495. The van der Waals surface area contributed by atoms with E-state index in [-0.39, 0.29) is 10.8 Å². The number of anilines is 1. The van der Waals surface area contributed by atoms with Gasteiger partial charge in [-0.1, -0.05) is 38.4 Å². The van der Waals surface area contributed by atoms with Crippen molar-refractivity contribution in [3.8, 4) is 0 Å². The van der Waals surface area contributed by atoms with Crippen molar-refractivity contribution in [3.05, 3.63) is 29.6 Å². The molecular weight excluding hydrogens is 259 g/mol. The van der Waals surface area contributed by atoms with E-state index in [0.717, 1.165) is 18.8 Å². The molecule has 1 aromatic carbocycles. The Kier molecular flexibility index (Phi) is 4.75. The molecule has 1 aromatic rings. The van der Waals surface area contributed by atoms with Crippen LogP contribution < -0.4 is 11.1 Å². The first kappa shape index (κ1) is 14.3. The molecule has 0 radical (unpaired) electrons. The molecule has 1 aliphatic rings. The molecule has 1 saturated carbocycles. The van der Waals surface area contributed by atoms with Crippen LogP contribution in [0.4, 0.5) is 10.1 Å². The molecule has 0 bridgehead atoms. The van der Waals surface area contributed by atoms with E-state index in [1.54, 1.807) is 12.1 Å². The van der Waals surface area contributed by atoms with Crippen LogP contribution in [0.2, 0.25) is 0 Å². The minimum absolute atomic E-state index is 0.231. The third kappa shape index (κ3) is 3.66. The fraction of sp³-hybridized carbons (Fsp3) is 0.533. The van der Waals surface area contributed by atoms with Gasteiger partial charge in [-0.05, 0) is 37.0 Å². The predicted molar refractivity (Wildman–Crippen MR) is 81.9 cm³/mol. The smallest absolute Gasteiger partial charge is 0.146 e. The molecule has 0 heterocycles. The highest BCUT2D eigenvalue weighted by Crippen LogP contribution is 2.29. The molecule has 2 nitrogen and oxygen atoms in total. The maximum Gasteiger partial charge on any atom is 0.146 e. The van der Waals surface area contributed by atoms with E-state index < -0.39 is 0 Å². The normalized spacial score (nSPS) is 23.1. The summed E-state index contributed by atoms with van der Waals surface area (Å²) in [7, 11) is 0. The third-order valence-corrected chi connectivity index (χ3v) is 4.21. The lowest BCUT2D eigenvalue weighted by Crippen LogP contribution is -2.27. The summed E-state index contributed by atoms with van der Waals surface area (Å²) in [5.41, 5.74) is 6.63. The highest BCUT2D eigenvalue weighted by molar-refractivity contribution is 7.80. The fourth-order valence-corrected chi connectivity index (χ4v) is 2.93. The van der Waals surface area contributed by atoms with E-state index in [1.807, 2.05) is 0 Å². The van der Waals surface area contributed by atoms with Crippen molar-refractivity contribution in [3.63, 3.8) is 0 Å². The molecule has 19 heavy (non-hydrogen) atoms. The first-order chi connectivity index (χ1) is 9.10. The Morgan fingerprint density at radius 3 is 2.89 bits per heavy atom. The van der Waals surface area contributed by atoms with Crippen molar-refractivity contribution < 1.29 is 4.39 Å². The molecular formula is C15H21FN2S. The molecule has 104 valence electrons. The number of nitrogens with one attached hydrogen (secondary N) is 1. The predicted octanol–water partition coefficient (Wildman–Crippen LogP) is 3.84. The zero-order valence-corrected chi connectivity index (χ0v) is 12.1. The lowest BCUT2D eigenvalue weighted by molar-refractivity contribution is 0.327. The molecule has 2 atom stereocenters. The minimum atomic E-state index is -0.274. The molecule has 0 saturated heterocycles. The SMILES string of the molecule is CCC1CCCC(Nc2ccc(C(N)=S)cc2F)C1. The summed E-state index contributed by atoms with van der Waals surface area (Å²) in [4.78, 5) is 0.231. The number of halogens is 1. The standard InChI is InChI=1S/C15H21FN2S/c1-2-10-4-3-5-12(8-10)18-14-7-6-11(15(17)19)9-13(14)16/h6-7,9-10,12,18H,2-5,8H2,1H3,(H2,17,19). The van der Waals surface area contributed by atoms with E-state index >= 15 is 0 Å². The maximum absolute atomic E-state index is 14.0. The monoisotopic (exact) mass is 280 g/mol. The van der Waals surface area contributed by atoms with Gasteiger partial charge in [0.1, 0.15) is 10.8 Å². The van der Waals surface area contributed by atoms with Gasteiger partial charge in [-0.25, -0.2) is 4.39 Å². The lowest BCUT2D eigenvalue weighted by Gasteiger charge is -2.30. The number of nitrogens with two attached hydrogens (primary N) is 1. The van der Waals surface area contributed by atoms with Gasteiger partial charge >= 0.3 is 0 Å². The lowest BCUT2D eigenvalue weighted by atomic mass is 9.84. The van der Waals surface area contributed by atoms with Crippen LogP contribution in [0.25, 0.3) is 0 Å². The van der Waals surface area contributed by atoms with Crippen LogP contribution in [0, 0.1) is 11.7 Å². The van der Waals surface area contributed by atoms with Crippen molar-refractivity contribution in [1.82, 2.24) is 0 Å². The molecule has 1 aliphatic carbocycles.